The smallest absolute Gasteiger partial charge is 0.250 e. The van der Waals surface area contributed by atoms with Crippen LogP contribution in [0.5, 0.6) is 11.5 Å². The fourth-order valence-corrected chi connectivity index (χ4v) is 4.38. The van der Waals surface area contributed by atoms with Crippen molar-refractivity contribution in [3.8, 4) is 11.5 Å². The predicted octanol–water partition coefficient (Wildman–Crippen LogP) is 2.84. The van der Waals surface area contributed by atoms with Gasteiger partial charge in [0.15, 0.2) is 11.5 Å². The molecule has 1 aliphatic rings. The van der Waals surface area contributed by atoms with Gasteiger partial charge in [-0.25, -0.2) is 0 Å². The molecule has 180 valence electrons. The number of ether oxygens (including phenoxy) is 2. The molecule has 0 unspecified atom stereocenters. The maximum absolute atomic E-state index is 12.2. The van der Waals surface area contributed by atoms with E-state index in [1.165, 1.54) is 0 Å². The number of anilines is 1. The van der Waals surface area contributed by atoms with Crippen LogP contribution in [0, 0.1) is 6.92 Å². The lowest BCUT2D eigenvalue weighted by Gasteiger charge is -2.22. The van der Waals surface area contributed by atoms with E-state index in [4.69, 9.17) is 20.3 Å². The van der Waals surface area contributed by atoms with E-state index < -0.39 is 5.91 Å². The number of primary amides is 1. The molecule has 0 aromatic heterocycles. The van der Waals surface area contributed by atoms with Crippen molar-refractivity contribution >= 4 is 11.6 Å². The summed E-state index contributed by atoms with van der Waals surface area (Å²) >= 11 is 0. The van der Waals surface area contributed by atoms with Gasteiger partial charge in [0, 0.05) is 32.3 Å². The summed E-state index contributed by atoms with van der Waals surface area (Å²) in [5.74, 6) is 1.13. The molecule has 33 heavy (non-hydrogen) atoms. The van der Waals surface area contributed by atoms with E-state index in [0.29, 0.717) is 31.7 Å². The number of carbonyl (C=O) groups excluding carboxylic acids is 1. The molecule has 7 nitrogen and oxygen atoms in total. The first-order valence-corrected chi connectivity index (χ1v) is 11.8. The Morgan fingerprint density at radius 3 is 2.79 bits per heavy atom. The Hall–Kier alpha value is -2.77. The number of aliphatic hydroxyl groups is 1. The molecule has 1 amide bonds. The topological polar surface area (TPSA) is 97.1 Å². The number of rotatable bonds is 13. The molecule has 1 atom stereocenters. The Balaban J connectivity index is 1.56. The number of aryl methyl sites for hydroxylation is 1. The molecule has 1 aliphatic heterocycles. The van der Waals surface area contributed by atoms with Crippen molar-refractivity contribution in [1.82, 2.24) is 5.32 Å². The number of nitrogens with one attached hydrogen (secondary N) is 1. The highest BCUT2D eigenvalue weighted by atomic mass is 16.5. The molecule has 3 rings (SSSR count). The van der Waals surface area contributed by atoms with Crippen LogP contribution in [0.2, 0.25) is 0 Å². The zero-order valence-electron chi connectivity index (χ0n) is 20.0. The SMILES string of the molecule is CCOc1cc(C)ccc1OCCN[C@H](C)Cc1cc2c(c(C(N)=O)c1)N(CCCO)CC2. The fourth-order valence-electron chi connectivity index (χ4n) is 4.38. The minimum Gasteiger partial charge on any atom is -0.490 e. The second kappa shape index (κ2) is 11.9. The van der Waals surface area contributed by atoms with Crippen molar-refractivity contribution in [3.05, 3.63) is 52.6 Å². The van der Waals surface area contributed by atoms with Crippen molar-refractivity contribution in [2.45, 2.75) is 46.1 Å². The van der Waals surface area contributed by atoms with Gasteiger partial charge in [0.25, 0.3) is 5.91 Å². The quantitative estimate of drug-likeness (QED) is 0.402. The third kappa shape index (κ3) is 6.62. The van der Waals surface area contributed by atoms with Crippen LogP contribution in [-0.2, 0) is 12.8 Å². The van der Waals surface area contributed by atoms with Gasteiger partial charge in [-0.3, -0.25) is 4.79 Å². The van der Waals surface area contributed by atoms with Gasteiger partial charge in [0.05, 0.1) is 17.9 Å². The monoisotopic (exact) mass is 455 g/mol. The molecular formula is C26H37N3O4. The summed E-state index contributed by atoms with van der Waals surface area (Å²) in [4.78, 5) is 14.3. The normalized spacial score (nSPS) is 13.6. The summed E-state index contributed by atoms with van der Waals surface area (Å²) in [5.41, 5.74) is 10.6. The molecule has 0 saturated carbocycles. The summed E-state index contributed by atoms with van der Waals surface area (Å²) in [7, 11) is 0. The number of amides is 1. The Morgan fingerprint density at radius 2 is 2.06 bits per heavy atom. The van der Waals surface area contributed by atoms with Gasteiger partial charge in [0.2, 0.25) is 0 Å². The highest BCUT2D eigenvalue weighted by Gasteiger charge is 2.25. The number of nitrogens with zero attached hydrogens (tertiary/aromatic N) is 1. The van der Waals surface area contributed by atoms with Gasteiger partial charge in [-0.15, -0.1) is 0 Å². The van der Waals surface area contributed by atoms with Gasteiger partial charge in [-0.1, -0.05) is 12.1 Å². The van der Waals surface area contributed by atoms with E-state index in [9.17, 15) is 4.79 Å². The van der Waals surface area contributed by atoms with Crippen LogP contribution in [0.15, 0.2) is 30.3 Å². The minimum atomic E-state index is -0.402. The van der Waals surface area contributed by atoms with Gasteiger partial charge in [0.1, 0.15) is 6.61 Å². The summed E-state index contributed by atoms with van der Waals surface area (Å²) in [6, 6.07) is 10.3. The van der Waals surface area contributed by atoms with Crippen LogP contribution in [-0.4, -0.2) is 56.5 Å². The molecular weight excluding hydrogens is 418 g/mol. The molecule has 0 spiro atoms. The Morgan fingerprint density at radius 1 is 1.24 bits per heavy atom. The standard InChI is InChI=1S/C26H37N3O4/c1-4-32-24-14-18(2)6-7-23(24)33-13-9-28-19(3)15-20-16-21-8-11-29(10-5-12-30)25(21)22(17-20)26(27)31/h6-7,14,16-17,19,28,30H,4-5,8-13,15H2,1-3H3,(H2,27,31)/t19-/m1/s1. The van der Waals surface area contributed by atoms with Crippen molar-refractivity contribution in [2.24, 2.45) is 5.73 Å². The van der Waals surface area contributed by atoms with E-state index in [1.807, 2.05) is 38.1 Å². The maximum atomic E-state index is 12.2. The van der Waals surface area contributed by atoms with E-state index in [1.54, 1.807) is 0 Å². The highest BCUT2D eigenvalue weighted by molar-refractivity contribution is 6.00. The lowest BCUT2D eigenvalue weighted by atomic mass is 9.98. The average Bonchev–Trinajstić information content (AvgIpc) is 3.18. The van der Waals surface area contributed by atoms with E-state index in [-0.39, 0.29) is 12.6 Å². The molecule has 2 aromatic rings. The molecule has 0 saturated heterocycles. The van der Waals surface area contributed by atoms with Crippen molar-refractivity contribution in [3.63, 3.8) is 0 Å². The Kier molecular flexibility index (Phi) is 8.97. The lowest BCUT2D eigenvalue weighted by Crippen LogP contribution is -2.32. The van der Waals surface area contributed by atoms with Gasteiger partial charge in [-0.2, -0.15) is 0 Å². The Bertz CT molecular complexity index is 947. The van der Waals surface area contributed by atoms with Crippen molar-refractivity contribution in [1.29, 1.82) is 0 Å². The number of aliphatic hydroxyl groups excluding tert-OH is 1. The molecule has 0 aliphatic carbocycles. The first kappa shape index (κ1) is 24.9. The maximum Gasteiger partial charge on any atom is 0.250 e. The van der Waals surface area contributed by atoms with Crippen LogP contribution in [0.25, 0.3) is 0 Å². The molecule has 1 heterocycles. The second-order valence-corrected chi connectivity index (χ2v) is 8.62. The van der Waals surface area contributed by atoms with Gasteiger partial charge >= 0.3 is 0 Å². The number of hydrogen-bond acceptors (Lipinski definition) is 6. The zero-order chi connectivity index (χ0) is 23.8. The summed E-state index contributed by atoms with van der Waals surface area (Å²) in [6.07, 6.45) is 2.36. The minimum absolute atomic E-state index is 0.138. The van der Waals surface area contributed by atoms with Gasteiger partial charge in [-0.05, 0) is 74.9 Å². The highest BCUT2D eigenvalue weighted by Crippen LogP contribution is 2.33. The number of carbonyl (C=O) groups is 1. The lowest BCUT2D eigenvalue weighted by molar-refractivity contribution is 0.100. The van der Waals surface area contributed by atoms with Crippen molar-refractivity contribution in [2.75, 3.05) is 44.4 Å². The number of fused-ring (bicyclic) bond motifs is 1. The predicted molar refractivity (Wildman–Crippen MR) is 132 cm³/mol. The molecule has 0 radical (unpaired) electrons. The van der Waals surface area contributed by atoms with Crippen molar-refractivity contribution < 1.29 is 19.4 Å². The van der Waals surface area contributed by atoms with Crippen LogP contribution >= 0.6 is 0 Å². The second-order valence-electron chi connectivity index (χ2n) is 8.62. The zero-order valence-corrected chi connectivity index (χ0v) is 20.0. The summed E-state index contributed by atoms with van der Waals surface area (Å²) in [5, 5.41) is 12.7. The van der Waals surface area contributed by atoms with Crippen LogP contribution < -0.4 is 25.4 Å². The van der Waals surface area contributed by atoms with E-state index in [0.717, 1.165) is 59.8 Å². The number of hydrogen-bond donors (Lipinski definition) is 3. The largest absolute Gasteiger partial charge is 0.490 e. The summed E-state index contributed by atoms with van der Waals surface area (Å²) in [6.45, 7) is 9.67. The average molecular weight is 456 g/mol. The third-order valence-electron chi connectivity index (χ3n) is 5.86. The number of nitrogens with two attached hydrogens (primary N) is 1. The molecule has 7 heteroatoms. The molecule has 4 N–H and O–H groups in total. The van der Waals surface area contributed by atoms with Crippen LogP contribution in [0.4, 0.5) is 5.69 Å². The first-order chi connectivity index (χ1) is 15.9. The first-order valence-electron chi connectivity index (χ1n) is 11.8. The van der Waals surface area contributed by atoms with Crippen LogP contribution in [0.1, 0.15) is 47.3 Å². The Labute approximate surface area is 196 Å². The van der Waals surface area contributed by atoms with Gasteiger partial charge < -0.3 is 30.5 Å². The molecule has 0 bridgehead atoms. The fraction of sp³-hybridized carbons (Fsp3) is 0.500. The summed E-state index contributed by atoms with van der Waals surface area (Å²) < 4.78 is 11.6. The number of benzene rings is 2. The van der Waals surface area contributed by atoms with E-state index in [2.05, 4.69) is 23.2 Å². The molecule has 2 aromatic carbocycles. The van der Waals surface area contributed by atoms with Crippen LogP contribution in [0.3, 0.4) is 0 Å². The molecule has 0 fully saturated rings. The van der Waals surface area contributed by atoms with E-state index >= 15 is 0 Å². The third-order valence-corrected chi connectivity index (χ3v) is 5.86.